The molecule has 4 nitrogen and oxygen atoms in total. The molecule has 0 radical (unpaired) electrons. The molecule has 0 aliphatic heterocycles. The van der Waals surface area contributed by atoms with Gasteiger partial charge in [-0.25, -0.2) is 4.79 Å². The topological polar surface area (TPSA) is 48.3 Å². The predicted octanol–water partition coefficient (Wildman–Crippen LogP) is 2.04. The minimum atomic E-state index is -0.425. The van der Waals surface area contributed by atoms with Crippen LogP contribution in [0.5, 0.6) is 0 Å². The SMILES string of the molecule is COC(=O)c1cc(C(=O)CC(C)C)cn1C. The number of ether oxygens (including phenoxy) is 1. The van der Waals surface area contributed by atoms with Crippen LogP contribution in [-0.4, -0.2) is 23.4 Å². The summed E-state index contributed by atoms with van der Waals surface area (Å²) in [6.45, 7) is 3.98. The number of hydrogen-bond donors (Lipinski definition) is 0. The zero-order chi connectivity index (χ0) is 12.3. The molecular weight excluding hydrogens is 206 g/mol. The van der Waals surface area contributed by atoms with Gasteiger partial charge in [0.2, 0.25) is 0 Å². The summed E-state index contributed by atoms with van der Waals surface area (Å²) >= 11 is 0. The van der Waals surface area contributed by atoms with Crippen molar-refractivity contribution in [1.29, 1.82) is 0 Å². The Kier molecular flexibility index (Phi) is 3.88. The molecule has 1 rings (SSSR count). The summed E-state index contributed by atoms with van der Waals surface area (Å²) in [4.78, 5) is 23.1. The van der Waals surface area contributed by atoms with E-state index in [0.717, 1.165) is 0 Å². The largest absolute Gasteiger partial charge is 0.464 e. The number of carbonyl (C=O) groups excluding carboxylic acids is 2. The average molecular weight is 223 g/mol. The number of methoxy groups -OCH3 is 1. The van der Waals surface area contributed by atoms with Crippen molar-refractivity contribution in [3.63, 3.8) is 0 Å². The fourth-order valence-corrected chi connectivity index (χ4v) is 1.51. The second-order valence-electron chi connectivity index (χ2n) is 4.24. The van der Waals surface area contributed by atoms with Crippen molar-refractivity contribution >= 4 is 11.8 Å². The lowest BCUT2D eigenvalue weighted by atomic mass is 10.0. The first-order chi connectivity index (χ1) is 7.45. The highest BCUT2D eigenvalue weighted by Crippen LogP contribution is 2.13. The molecule has 0 aromatic carbocycles. The highest BCUT2D eigenvalue weighted by Gasteiger charge is 2.16. The van der Waals surface area contributed by atoms with Crippen LogP contribution in [0.1, 0.15) is 41.1 Å². The molecule has 0 aliphatic carbocycles. The Balaban J connectivity index is 2.92. The van der Waals surface area contributed by atoms with Crippen molar-refractivity contribution in [2.45, 2.75) is 20.3 Å². The molecular formula is C12H17NO3. The van der Waals surface area contributed by atoms with Gasteiger partial charge in [-0.15, -0.1) is 0 Å². The van der Waals surface area contributed by atoms with Crippen molar-refractivity contribution in [3.8, 4) is 0 Å². The number of aromatic nitrogens is 1. The molecule has 0 aliphatic rings. The Morgan fingerprint density at radius 3 is 2.56 bits per heavy atom. The third kappa shape index (κ3) is 2.72. The first-order valence-corrected chi connectivity index (χ1v) is 5.23. The van der Waals surface area contributed by atoms with Gasteiger partial charge in [-0.2, -0.15) is 0 Å². The van der Waals surface area contributed by atoms with E-state index in [9.17, 15) is 9.59 Å². The highest BCUT2D eigenvalue weighted by molar-refractivity contribution is 5.99. The van der Waals surface area contributed by atoms with E-state index in [1.165, 1.54) is 7.11 Å². The predicted molar refractivity (Wildman–Crippen MR) is 60.5 cm³/mol. The fourth-order valence-electron chi connectivity index (χ4n) is 1.51. The molecule has 0 N–H and O–H groups in total. The van der Waals surface area contributed by atoms with Gasteiger partial charge >= 0.3 is 5.97 Å². The monoisotopic (exact) mass is 223 g/mol. The summed E-state index contributed by atoms with van der Waals surface area (Å²) in [7, 11) is 3.04. The Labute approximate surface area is 95.2 Å². The smallest absolute Gasteiger partial charge is 0.354 e. The molecule has 4 heteroatoms. The number of nitrogens with zero attached hydrogens (tertiary/aromatic N) is 1. The Morgan fingerprint density at radius 2 is 2.06 bits per heavy atom. The summed E-state index contributed by atoms with van der Waals surface area (Å²) < 4.78 is 6.23. The van der Waals surface area contributed by atoms with E-state index in [0.29, 0.717) is 23.6 Å². The molecule has 0 unspecified atom stereocenters. The maximum Gasteiger partial charge on any atom is 0.354 e. The Morgan fingerprint density at radius 1 is 1.44 bits per heavy atom. The van der Waals surface area contributed by atoms with Gasteiger partial charge in [0.1, 0.15) is 5.69 Å². The van der Waals surface area contributed by atoms with Gasteiger partial charge < -0.3 is 9.30 Å². The van der Waals surface area contributed by atoms with Crippen LogP contribution in [0.2, 0.25) is 0 Å². The number of ketones is 1. The van der Waals surface area contributed by atoms with Crippen molar-refractivity contribution in [3.05, 3.63) is 23.5 Å². The first-order valence-electron chi connectivity index (χ1n) is 5.23. The van der Waals surface area contributed by atoms with Gasteiger partial charge in [0.15, 0.2) is 5.78 Å². The Hall–Kier alpha value is -1.58. The van der Waals surface area contributed by atoms with Crippen molar-refractivity contribution in [1.82, 2.24) is 4.57 Å². The van der Waals surface area contributed by atoms with E-state index >= 15 is 0 Å². The molecule has 0 spiro atoms. The van der Waals surface area contributed by atoms with Crippen LogP contribution in [0.25, 0.3) is 0 Å². The maximum atomic E-state index is 11.8. The van der Waals surface area contributed by atoms with Crippen LogP contribution in [-0.2, 0) is 11.8 Å². The molecule has 0 fully saturated rings. The quantitative estimate of drug-likeness (QED) is 0.579. The lowest BCUT2D eigenvalue weighted by Crippen LogP contribution is -2.06. The van der Waals surface area contributed by atoms with Gasteiger partial charge in [0.25, 0.3) is 0 Å². The molecule has 1 aromatic rings. The second kappa shape index (κ2) is 4.96. The Bertz CT molecular complexity index is 404. The summed E-state index contributed by atoms with van der Waals surface area (Å²) in [5, 5.41) is 0. The molecule has 0 saturated carbocycles. The maximum absolute atomic E-state index is 11.8. The summed E-state index contributed by atoms with van der Waals surface area (Å²) in [6, 6.07) is 1.58. The zero-order valence-electron chi connectivity index (χ0n) is 10.1. The highest BCUT2D eigenvalue weighted by atomic mass is 16.5. The van der Waals surface area contributed by atoms with E-state index < -0.39 is 5.97 Å². The normalized spacial score (nSPS) is 10.6. The van der Waals surface area contributed by atoms with Crippen molar-refractivity contribution in [2.75, 3.05) is 7.11 Å². The lowest BCUT2D eigenvalue weighted by Gasteiger charge is -2.00. The average Bonchev–Trinajstić information content (AvgIpc) is 2.58. The van der Waals surface area contributed by atoms with Gasteiger partial charge in [-0.05, 0) is 12.0 Å². The summed E-state index contributed by atoms with van der Waals surface area (Å²) in [6.07, 6.45) is 2.15. The third-order valence-corrected chi connectivity index (χ3v) is 2.32. The fraction of sp³-hybridized carbons (Fsp3) is 0.500. The number of esters is 1. The molecule has 1 heterocycles. The minimum Gasteiger partial charge on any atom is -0.464 e. The van der Waals surface area contributed by atoms with Crippen molar-refractivity contribution < 1.29 is 14.3 Å². The van der Waals surface area contributed by atoms with E-state index in [-0.39, 0.29) is 5.78 Å². The van der Waals surface area contributed by atoms with E-state index in [1.807, 2.05) is 13.8 Å². The second-order valence-corrected chi connectivity index (χ2v) is 4.24. The van der Waals surface area contributed by atoms with Crippen molar-refractivity contribution in [2.24, 2.45) is 13.0 Å². The van der Waals surface area contributed by atoms with E-state index in [1.54, 1.807) is 23.9 Å². The van der Waals surface area contributed by atoms with Crippen LogP contribution in [0.3, 0.4) is 0 Å². The molecule has 88 valence electrons. The summed E-state index contributed by atoms with van der Waals surface area (Å²) in [5.74, 6) is -0.0545. The number of rotatable bonds is 4. The number of carbonyl (C=O) groups is 2. The molecule has 0 atom stereocenters. The third-order valence-electron chi connectivity index (χ3n) is 2.32. The van der Waals surface area contributed by atoms with Crippen LogP contribution < -0.4 is 0 Å². The van der Waals surface area contributed by atoms with E-state index in [2.05, 4.69) is 4.74 Å². The molecule has 16 heavy (non-hydrogen) atoms. The van der Waals surface area contributed by atoms with Gasteiger partial charge in [0, 0.05) is 25.2 Å². The minimum absolute atomic E-state index is 0.0563. The van der Waals surface area contributed by atoms with Crippen LogP contribution in [0.4, 0.5) is 0 Å². The molecule has 1 aromatic heterocycles. The summed E-state index contributed by atoms with van der Waals surface area (Å²) in [5.41, 5.74) is 0.964. The number of Topliss-reactive ketones (excluding diaryl/α,β-unsaturated/α-hetero) is 1. The van der Waals surface area contributed by atoms with Gasteiger partial charge in [-0.3, -0.25) is 4.79 Å². The van der Waals surface area contributed by atoms with Crippen LogP contribution in [0.15, 0.2) is 12.3 Å². The molecule has 0 amide bonds. The lowest BCUT2D eigenvalue weighted by molar-refractivity contribution is 0.0590. The first kappa shape index (κ1) is 12.5. The molecule has 0 saturated heterocycles. The number of hydrogen-bond acceptors (Lipinski definition) is 3. The van der Waals surface area contributed by atoms with Gasteiger partial charge in [0.05, 0.1) is 7.11 Å². The van der Waals surface area contributed by atoms with Crippen LogP contribution in [0, 0.1) is 5.92 Å². The molecule has 0 bridgehead atoms. The van der Waals surface area contributed by atoms with E-state index in [4.69, 9.17) is 0 Å². The van der Waals surface area contributed by atoms with Crippen LogP contribution >= 0.6 is 0 Å². The number of aryl methyl sites for hydroxylation is 1. The van der Waals surface area contributed by atoms with Gasteiger partial charge in [-0.1, -0.05) is 13.8 Å². The zero-order valence-corrected chi connectivity index (χ0v) is 10.1. The standard InChI is InChI=1S/C12H17NO3/c1-8(2)5-11(14)9-6-10(12(15)16-4)13(3)7-9/h6-8H,5H2,1-4H3.